The highest BCUT2D eigenvalue weighted by Crippen LogP contribution is 2.30. The quantitative estimate of drug-likeness (QED) is 0.854. The van der Waals surface area contributed by atoms with Crippen molar-refractivity contribution in [1.82, 2.24) is 14.8 Å². The van der Waals surface area contributed by atoms with Crippen molar-refractivity contribution in [2.75, 3.05) is 11.5 Å². The Morgan fingerprint density at radius 1 is 1.20 bits per heavy atom. The van der Waals surface area contributed by atoms with E-state index < -0.39 is 9.84 Å². The molecule has 0 spiro atoms. The molecule has 0 bridgehead atoms. The van der Waals surface area contributed by atoms with Crippen molar-refractivity contribution in [3.8, 4) is 11.4 Å². The van der Waals surface area contributed by atoms with Crippen LogP contribution in [0.1, 0.15) is 18.9 Å². The highest BCUT2D eigenvalue weighted by atomic mass is 35.5. The van der Waals surface area contributed by atoms with Crippen LogP contribution in [0.15, 0.2) is 30.3 Å². The van der Waals surface area contributed by atoms with Crippen LogP contribution in [0.25, 0.3) is 11.4 Å². The van der Waals surface area contributed by atoms with Gasteiger partial charge in [-0.05, 0) is 24.4 Å². The lowest BCUT2D eigenvalue weighted by Crippen LogP contribution is -2.28. The van der Waals surface area contributed by atoms with Gasteiger partial charge in [0.2, 0.25) is 5.28 Å². The van der Waals surface area contributed by atoms with Crippen LogP contribution in [0.5, 0.6) is 0 Å². The first kappa shape index (κ1) is 13.6. The maximum atomic E-state index is 11.8. The second kappa shape index (κ2) is 5.18. The molecule has 2 heterocycles. The van der Waals surface area contributed by atoms with Gasteiger partial charge in [0, 0.05) is 5.56 Å². The van der Waals surface area contributed by atoms with E-state index in [1.807, 2.05) is 30.3 Å². The Balaban J connectivity index is 2.04. The van der Waals surface area contributed by atoms with Gasteiger partial charge in [-0.3, -0.25) is 4.57 Å². The van der Waals surface area contributed by atoms with Crippen LogP contribution in [0.2, 0.25) is 5.28 Å². The van der Waals surface area contributed by atoms with Gasteiger partial charge in [0.25, 0.3) is 0 Å². The first-order chi connectivity index (χ1) is 9.57. The van der Waals surface area contributed by atoms with E-state index in [2.05, 4.69) is 10.2 Å². The fourth-order valence-electron chi connectivity index (χ4n) is 2.58. The van der Waals surface area contributed by atoms with Crippen molar-refractivity contribution >= 4 is 21.4 Å². The molecule has 5 nitrogen and oxygen atoms in total. The maximum absolute atomic E-state index is 11.8. The van der Waals surface area contributed by atoms with E-state index in [9.17, 15) is 8.42 Å². The molecule has 0 aliphatic carbocycles. The summed E-state index contributed by atoms with van der Waals surface area (Å²) in [6.45, 7) is 0. The Labute approximate surface area is 122 Å². The van der Waals surface area contributed by atoms with Gasteiger partial charge in [0.15, 0.2) is 15.7 Å². The van der Waals surface area contributed by atoms with Crippen molar-refractivity contribution in [1.29, 1.82) is 0 Å². The van der Waals surface area contributed by atoms with E-state index in [0.717, 1.165) is 12.0 Å². The van der Waals surface area contributed by atoms with Crippen LogP contribution in [-0.2, 0) is 9.84 Å². The van der Waals surface area contributed by atoms with Crippen molar-refractivity contribution in [2.45, 2.75) is 18.9 Å². The first-order valence-corrected chi connectivity index (χ1v) is 8.63. The number of hydrogen-bond donors (Lipinski definition) is 0. The van der Waals surface area contributed by atoms with Crippen LogP contribution in [0, 0.1) is 0 Å². The van der Waals surface area contributed by atoms with Crippen LogP contribution in [0.3, 0.4) is 0 Å². The van der Waals surface area contributed by atoms with Gasteiger partial charge in [0.1, 0.15) is 0 Å². The molecular weight excluding hydrogens is 298 g/mol. The molecule has 1 aromatic heterocycles. The summed E-state index contributed by atoms with van der Waals surface area (Å²) in [4.78, 5) is 0. The van der Waals surface area contributed by atoms with Crippen LogP contribution < -0.4 is 0 Å². The third-order valence-corrected chi connectivity index (χ3v) is 5.55. The van der Waals surface area contributed by atoms with E-state index >= 15 is 0 Å². The second-order valence-corrected chi connectivity index (χ2v) is 7.51. The molecular formula is C13H14ClN3O2S. The SMILES string of the molecule is O=S1(=O)CCCC(n2c(Cl)nnc2-c2ccccc2)C1. The molecule has 20 heavy (non-hydrogen) atoms. The standard InChI is InChI=1S/C13H14ClN3O2S/c14-13-16-15-12(10-5-2-1-3-6-10)17(13)11-7-4-8-20(18,19)9-11/h1-3,5-6,11H,4,7-9H2. The average Bonchev–Trinajstić information content (AvgIpc) is 2.80. The Kier molecular flexibility index (Phi) is 3.52. The summed E-state index contributed by atoms with van der Waals surface area (Å²) < 4.78 is 25.4. The smallest absolute Gasteiger partial charge is 0.225 e. The normalized spacial score (nSPS) is 21.8. The number of rotatable bonds is 2. The Hall–Kier alpha value is -1.40. The average molecular weight is 312 g/mol. The van der Waals surface area contributed by atoms with Crippen molar-refractivity contribution in [3.05, 3.63) is 35.6 Å². The fraction of sp³-hybridized carbons (Fsp3) is 0.385. The minimum atomic E-state index is -3.01. The molecule has 0 N–H and O–H groups in total. The zero-order chi connectivity index (χ0) is 14.2. The number of sulfone groups is 1. The van der Waals surface area contributed by atoms with Gasteiger partial charge in [0.05, 0.1) is 17.5 Å². The molecule has 2 aromatic rings. The maximum Gasteiger partial charge on any atom is 0.225 e. The third kappa shape index (κ3) is 2.58. The molecule has 1 saturated heterocycles. The number of halogens is 1. The fourth-order valence-corrected chi connectivity index (χ4v) is 4.51. The summed E-state index contributed by atoms with van der Waals surface area (Å²) in [5.41, 5.74) is 0.884. The molecule has 1 aliphatic heterocycles. The van der Waals surface area contributed by atoms with Crippen molar-refractivity contribution in [3.63, 3.8) is 0 Å². The van der Waals surface area contributed by atoms with Gasteiger partial charge in [-0.1, -0.05) is 30.3 Å². The Bertz CT molecular complexity index is 712. The van der Waals surface area contributed by atoms with Gasteiger partial charge < -0.3 is 0 Å². The number of benzene rings is 1. The predicted molar refractivity (Wildman–Crippen MR) is 77.4 cm³/mol. The van der Waals surface area contributed by atoms with Crippen molar-refractivity contribution < 1.29 is 8.42 Å². The molecule has 0 amide bonds. The van der Waals surface area contributed by atoms with E-state index in [-0.39, 0.29) is 22.8 Å². The minimum absolute atomic E-state index is 0.102. The summed E-state index contributed by atoms with van der Waals surface area (Å²) >= 11 is 6.12. The molecule has 3 rings (SSSR count). The highest BCUT2D eigenvalue weighted by molar-refractivity contribution is 7.91. The highest BCUT2D eigenvalue weighted by Gasteiger charge is 2.29. The van der Waals surface area contributed by atoms with E-state index in [4.69, 9.17) is 11.6 Å². The van der Waals surface area contributed by atoms with E-state index in [1.54, 1.807) is 4.57 Å². The lowest BCUT2D eigenvalue weighted by molar-refractivity contribution is 0.473. The predicted octanol–water partition coefficient (Wildman–Crippen LogP) is 2.35. The Morgan fingerprint density at radius 2 is 1.95 bits per heavy atom. The Morgan fingerprint density at radius 3 is 2.65 bits per heavy atom. The number of nitrogens with zero attached hydrogens (tertiary/aromatic N) is 3. The molecule has 1 unspecified atom stereocenters. The number of hydrogen-bond acceptors (Lipinski definition) is 4. The molecule has 0 radical (unpaired) electrons. The van der Waals surface area contributed by atoms with E-state index in [1.165, 1.54) is 0 Å². The molecule has 0 saturated carbocycles. The van der Waals surface area contributed by atoms with Gasteiger partial charge >= 0.3 is 0 Å². The summed E-state index contributed by atoms with van der Waals surface area (Å²) in [5.74, 6) is 0.979. The monoisotopic (exact) mass is 311 g/mol. The minimum Gasteiger partial charge on any atom is -0.294 e. The van der Waals surface area contributed by atoms with Crippen molar-refractivity contribution in [2.24, 2.45) is 0 Å². The molecule has 7 heteroatoms. The van der Waals surface area contributed by atoms with Crippen LogP contribution in [0.4, 0.5) is 0 Å². The van der Waals surface area contributed by atoms with Crippen LogP contribution in [-0.4, -0.2) is 34.7 Å². The first-order valence-electron chi connectivity index (χ1n) is 6.43. The van der Waals surface area contributed by atoms with Gasteiger partial charge in [-0.25, -0.2) is 8.42 Å². The lowest BCUT2D eigenvalue weighted by Gasteiger charge is -2.24. The largest absolute Gasteiger partial charge is 0.294 e. The summed E-state index contributed by atoms with van der Waals surface area (Å²) in [7, 11) is -3.01. The van der Waals surface area contributed by atoms with Crippen LogP contribution >= 0.6 is 11.6 Å². The summed E-state index contributed by atoms with van der Waals surface area (Å²) in [6.07, 6.45) is 1.42. The number of aromatic nitrogens is 3. The zero-order valence-electron chi connectivity index (χ0n) is 10.7. The molecule has 106 valence electrons. The molecule has 1 aliphatic rings. The summed E-state index contributed by atoms with van der Waals surface area (Å²) in [5, 5.41) is 8.24. The van der Waals surface area contributed by atoms with E-state index in [0.29, 0.717) is 12.2 Å². The third-order valence-electron chi connectivity index (χ3n) is 3.49. The zero-order valence-corrected chi connectivity index (χ0v) is 12.3. The van der Waals surface area contributed by atoms with Gasteiger partial charge in [-0.15, -0.1) is 10.2 Å². The van der Waals surface area contributed by atoms with Gasteiger partial charge in [-0.2, -0.15) is 0 Å². The molecule has 1 aromatic carbocycles. The topological polar surface area (TPSA) is 64.8 Å². The second-order valence-electron chi connectivity index (χ2n) is 4.94. The molecule has 1 atom stereocenters. The summed E-state index contributed by atoms with van der Waals surface area (Å²) in [6, 6.07) is 9.35. The lowest BCUT2D eigenvalue weighted by atomic mass is 10.1. The molecule has 1 fully saturated rings.